The van der Waals surface area contributed by atoms with Crippen LogP contribution in [0.2, 0.25) is 18.1 Å². The van der Waals surface area contributed by atoms with Gasteiger partial charge in [0.2, 0.25) is 0 Å². The second kappa shape index (κ2) is 29.4. The van der Waals surface area contributed by atoms with Gasteiger partial charge in [-0.2, -0.15) is 0 Å². The summed E-state index contributed by atoms with van der Waals surface area (Å²) in [6, 6.07) is 3.67. The van der Waals surface area contributed by atoms with E-state index in [2.05, 4.69) is 0 Å². The van der Waals surface area contributed by atoms with Crippen molar-refractivity contribution in [1.82, 2.24) is 0 Å². The third-order valence-electron chi connectivity index (χ3n) is 6.83. The molecule has 0 spiro atoms. The van der Waals surface area contributed by atoms with E-state index >= 15 is 0 Å². The third-order valence-corrected chi connectivity index (χ3v) is 11.2. The van der Waals surface area contributed by atoms with Crippen LogP contribution in [0.5, 0.6) is 0 Å². The molecule has 0 bridgehead atoms. The number of ether oxygens (including phenoxy) is 6. The van der Waals surface area contributed by atoms with Crippen LogP contribution in [0.15, 0.2) is 0 Å². The minimum absolute atomic E-state index is 0.00640. The largest absolute Gasteiger partial charge is 0.360 e. The van der Waals surface area contributed by atoms with Gasteiger partial charge in [-0.25, -0.2) is 0 Å². The molecule has 0 aliphatic rings. The molecule has 9 heteroatoms. The normalized spacial score (nSPS) is 12.2. The van der Waals surface area contributed by atoms with Crippen LogP contribution in [0, 0.1) is 5.92 Å². The summed E-state index contributed by atoms with van der Waals surface area (Å²) in [7, 11) is 12.7. The zero-order valence-electron chi connectivity index (χ0n) is 25.0. The van der Waals surface area contributed by atoms with Crippen LogP contribution in [0.3, 0.4) is 0 Å². The summed E-state index contributed by atoms with van der Waals surface area (Å²) in [5.41, 5.74) is 0. The molecule has 0 fully saturated rings. The second-order valence-corrected chi connectivity index (χ2v) is 13.9. The van der Waals surface area contributed by atoms with E-state index in [1.54, 1.807) is 42.7 Å². The van der Waals surface area contributed by atoms with Gasteiger partial charge in [-0.1, -0.05) is 114 Å². The lowest BCUT2D eigenvalue weighted by Crippen LogP contribution is -2.20. The van der Waals surface area contributed by atoms with E-state index in [-0.39, 0.29) is 17.7 Å². The molecule has 6 radical (unpaired) electrons. The monoisotopic (exact) mass is 574 g/mol. The van der Waals surface area contributed by atoms with Gasteiger partial charge in [0.25, 0.3) is 0 Å². The minimum Gasteiger partial charge on any atom is -0.360 e. The van der Waals surface area contributed by atoms with Crippen LogP contribution in [0.4, 0.5) is 0 Å². The quantitative estimate of drug-likeness (QED) is 0.0551. The Morgan fingerprint density at radius 2 is 0.595 bits per heavy atom. The van der Waals surface area contributed by atoms with Crippen molar-refractivity contribution < 1.29 is 28.4 Å². The molecule has 37 heavy (non-hydrogen) atoms. The maximum absolute atomic E-state index is 5.31. The Kier molecular flexibility index (Phi) is 29.7. The molecule has 0 aromatic rings. The molecule has 218 valence electrons. The average Bonchev–Trinajstić information content (AvgIpc) is 2.92. The van der Waals surface area contributed by atoms with Crippen molar-refractivity contribution in [3.63, 3.8) is 0 Å². The molecule has 0 aliphatic heterocycles. The summed E-state index contributed by atoms with van der Waals surface area (Å²) < 4.78 is 31.8. The molecule has 0 rings (SSSR count). The molecular formula is C28H58O6Si3. The van der Waals surface area contributed by atoms with Crippen molar-refractivity contribution in [3.8, 4) is 0 Å². The fraction of sp³-hybridized carbons (Fsp3) is 1.00. The molecule has 0 aromatic heterocycles. The minimum atomic E-state index is -0.00640. The fourth-order valence-corrected chi connectivity index (χ4v) is 7.69. The maximum Gasteiger partial charge on any atom is 0.136 e. The van der Waals surface area contributed by atoms with E-state index in [0.717, 1.165) is 34.5 Å². The highest BCUT2D eigenvalue weighted by molar-refractivity contribution is 6.37. The van der Waals surface area contributed by atoms with Crippen molar-refractivity contribution >= 4 is 28.6 Å². The van der Waals surface area contributed by atoms with Gasteiger partial charge in [-0.15, -0.1) is 0 Å². The summed E-state index contributed by atoms with van der Waals surface area (Å²) >= 11 is 0. The molecule has 6 nitrogen and oxygen atoms in total. The van der Waals surface area contributed by atoms with Gasteiger partial charge >= 0.3 is 0 Å². The SMILES string of the molecule is COC(OC)[Si]CCCCCCC(CCCCCC[Si]C(OC)OC)CCCCCC[Si]C(OC)OC. The van der Waals surface area contributed by atoms with Crippen molar-refractivity contribution in [2.24, 2.45) is 5.92 Å². The average molecular weight is 575 g/mol. The summed E-state index contributed by atoms with van der Waals surface area (Å²) in [5.74, 6) is 0.893. The molecule has 0 aromatic carbocycles. The summed E-state index contributed by atoms with van der Waals surface area (Å²) in [6.07, 6.45) is 20.4. The summed E-state index contributed by atoms with van der Waals surface area (Å²) in [4.78, 5) is 0. The number of rotatable bonds is 30. The first-order chi connectivity index (χ1) is 18.1. The van der Waals surface area contributed by atoms with E-state index in [0.29, 0.717) is 0 Å². The lowest BCUT2D eigenvalue weighted by molar-refractivity contribution is -0.0442. The van der Waals surface area contributed by atoms with Crippen molar-refractivity contribution in [2.45, 2.75) is 132 Å². The van der Waals surface area contributed by atoms with Gasteiger partial charge in [-0.05, 0) is 5.92 Å². The van der Waals surface area contributed by atoms with Crippen LogP contribution in [0.1, 0.15) is 96.3 Å². The predicted octanol–water partition coefficient (Wildman–Crippen LogP) is 6.55. The number of hydrogen-bond donors (Lipinski definition) is 0. The Labute approximate surface area is 237 Å². The van der Waals surface area contributed by atoms with Crippen LogP contribution in [-0.2, 0) is 28.4 Å². The topological polar surface area (TPSA) is 55.4 Å². The lowest BCUT2D eigenvalue weighted by Gasteiger charge is -2.17. The van der Waals surface area contributed by atoms with Gasteiger partial charge in [-0.3, -0.25) is 0 Å². The molecule has 0 unspecified atom stereocenters. The lowest BCUT2D eigenvalue weighted by atomic mass is 9.90. The summed E-state index contributed by atoms with van der Waals surface area (Å²) in [5, 5.41) is 0. The van der Waals surface area contributed by atoms with Crippen molar-refractivity contribution in [2.75, 3.05) is 42.7 Å². The first-order valence-corrected chi connectivity index (χ1v) is 18.4. The van der Waals surface area contributed by atoms with Crippen LogP contribution < -0.4 is 0 Å². The molecular weight excluding hydrogens is 517 g/mol. The van der Waals surface area contributed by atoms with E-state index < -0.39 is 0 Å². The van der Waals surface area contributed by atoms with E-state index in [9.17, 15) is 0 Å². The zero-order chi connectivity index (χ0) is 27.4. The molecule has 0 amide bonds. The maximum atomic E-state index is 5.31. The Hall–Kier alpha value is 0.411. The van der Waals surface area contributed by atoms with Gasteiger partial charge in [0.15, 0.2) is 0 Å². The second-order valence-electron chi connectivity index (χ2n) is 9.75. The number of unbranched alkanes of at least 4 members (excludes halogenated alkanes) is 9. The summed E-state index contributed by atoms with van der Waals surface area (Å²) in [6.45, 7) is 0. The van der Waals surface area contributed by atoms with Gasteiger partial charge in [0.05, 0.1) is 0 Å². The van der Waals surface area contributed by atoms with Crippen molar-refractivity contribution in [1.29, 1.82) is 0 Å². The smallest absolute Gasteiger partial charge is 0.136 e. The number of hydrogen-bond acceptors (Lipinski definition) is 6. The molecule has 0 heterocycles. The first-order valence-electron chi connectivity index (χ1n) is 14.5. The van der Waals surface area contributed by atoms with Crippen molar-refractivity contribution in [3.05, 3.63) is 0 Å². The highest BCUT2D eigenvalue weighted by atomic mass is 28.2. The molecule has 0 saturated carbocycles. The van der Waals surface area contributed by atoms with Crippen LogP contribution in [-0.4, -0.2) is 89.0 Å². The zero-order valence-corrected chi connectivity index (χ0v) is 28.0. The highest BCUT2D eigenvalue weighted by Gasteiger charge is 2.11. The Bertz CT molecular complexity index is 376. The first kappa shape index (κ1) is 37.4. The van der Waals surface area contributed by atoms with E-state index in [1.807, 2.05) is 0 Å². The predicted molar refractivity (Wildman–Crippen MR) is 158 cm³/mol. The Balaban J connectivity index is 4.08. The Morgan fingerprint density at radius 1 is 0.351 bits per heavy atom. The van der Waals surface area contributed by atoms with Crippen LogP contribution in [0.25, 0.3) is 0 Å². The third kappa shape index (κ3) is 24.0. The van der Waals surface area contributed by atoms with Crippen LogP contribution >= 0.6 is 0 Å². The number of methoxy groups -OCH3 is 6. The van der Waals surface area contributed by atoms with E-state index in [4.69, 9.17) is 28.4 Å². The molecule has 0 N–H and O–H groups in total. The molecule has 0 aliphatic carbocycles. The fourth-order valence-electron chi connectivity index (χ4n) is 4.62. The highest BCUT2D eigenvalue weighted by Crippen LogP contribution is 2.24. The van der Waals surface area contributed by atoms with Gasteiger partial charge in [0, 0.05) is 42.7 Å². The van der Waals surface area contributed by atoms with Gasteiger partial charge in [0.1, 0.15) is 46.3 Å². The van der Waals surface area contributed by atoms with E-state index in [1.165, 1.54) is 114 Å². The molecule has 0 saturated heterocycles. The standard InChI is InChI=1S/C28H58O6Si3/c1-29-26(30-2)35-22-16-10-7-13-19-25(20-14-8-11-17-23-36-27(31-3)32-4)21-15-9-12-18-24-37-28(33-5)34-6/h25-28H,7-24H2,1-6H3. The van der Waals surface area contributed by atoms with Gasteiger partial charge < -0.3 is 28.4 Å². The Morgan fingerprint density at radius 3 is 0.838 bits per heavy atom. The molecule has 0 atom stereocenters.